The number of nitrogens with zero attached hydrogens (tertiary/aromatic N) is 1. The van der Waals surface area contributed by atoms with E-state index in [0.717, 1.165) is 11.3 Å². The molecule has 0 aliphatic carbocycles. The molecule has 0 unspecified atom stereocenters. The molecule has 0 aliphatic rings. The minimum atomic E-state index is -3.74. The van der Waals surface area contributed by atoms with Crippen molar-refractivity contribution < 1.29 is 17.6 Å². The number of carbonyl (C=O) groups is 1. The number of urea groups is 1. The summed E-state index contributed by atoms with van der Waals surface area (Å²) in [6.45, 7) is 0. The first-order valence-electron chi connectivity index (χ1n) is 8.71. The highest BCUT2D eigenvalue weighted by atomic mass is 32.2. The van der Waals surface area contributed by atoms with Crippen molar-refractivity contribution in [3.8, 4) is 0 Å². The number of halogens is 1. The maximum atomic E-state index is 12.9. The second-order valence-corrected chi connectivity index (χ2v) is 8.92. The number of carbonyl (C=O) groups excluding carboxylic acids is 1. The molecule has 10 heteroatoms. The number of benzene rings is 3. The fourth-order valence-electron chi connectivity index (χ4n) is 2.65. The van der Waals surface area contributed by atoms with Gasteiger partial charge < -0.3 is 10.6 Å². The standard InChI is InChI=1S/C20H15FN4O3S2/c21-13-6-8-14(9-7-13)22-19(26)23-15-10-11-17-18(12-15)29-20(24-17)25-30(27,28)16-4-2-1-3-5-16/h1-12H,(H,24,25)(H2,22,23,26). The van der Waals surface area contributed by atoms with Gasteiger partial charge in [-0.15, -0.1) is 0 Å². The molecule has 3 aromatic carbocycles. The van der Waals surface area contributed by atoms with Gasteiger partial charge in [-0.1, -0.05) is 29.5 Å². The number of hydrogen-bond acceptors (Lipinski definition) is 5. The highest BCUT2D eigenvalue weighted by Crippen LogP contribution is 2.30. The second kappa shape index (κ2) is 8.09. The lowest BCUT2D eigenvalue weighted by Crippen LogP contribution is -2.19. The van der Waals surface area contributed by atoms with Gasteiger partial charge in [-0.2, -0.15) is 0 Å². The van der Waals surface area contributed by atoms with Crippen LogP contribution in [0.25, 0.3) is 10.2 Å². The van der Waals surface area contributed by atoms with Gasteiger partial charge in [0.05, 0.1) is 15.1 Å². The van der Waals surface area contributed by atoms with Crippen LogP contribution in [-0.2, 0) is 10.0 Å². The van der Waals surface area contributed by atoms with Crippen molar-refractivity contribution in [2.45, 2.75) is 4.90 Å². The van der Waals surface area contributed by atoms with E-state index >= 15 is 0 Å². The Morgan fingerprint density at radius 3 is 2.30 bits per heavy atom. The number of aromatic nitrogens is 1. The lowest BCUT2D eigenvalue weighted by Gasteiger charge is -2.07. The van der Waals surface area contributed by atoms with Gasteiger partial charge in [0.15, 0.2) is 5.13 Å². The molecule has 1 aromatic heterocycles. The lowest BCUT2D eigenvalue weighted by atomic mass is 10.3. The summed E-state index contributed by atoms with van der Waals surface area (Å²) in [7, 11) is -3.74. The zero-order chi connectivity index (χ0) is 21.1. The van der Waals surface area contributed by atoms with Gasteiger partial charge in [0.1, 0.15) is 5.82 Å². The molecule has 3 N–H and O–H groups in total. The number of rotatable bonds is 5. The van der Waals surface area contributed by atoms with Crippen LogP contribution in [0.15, 0.2) is 77.7 Å². The summed E-state index contributed by atoms with van der Waals surface area (Å²) < 4.78 is 41.0. The van der Waals surface area contributed by atoms with Crippen LogP contribution in [0.2, 0.25) is 0 Å². The van der Waals surface area contributed by atoms with Crippen LogP contribution in [0.4, 0.5) is 25.7 Å². The first-order chi connectivity index (χ1) is 14.4. The van der Waals surface area contributed by atoms with Gasteiger partial charge in [-0.05, 0) is 54.6 Å². The molecule has 0 aliphatic heterocycles. The highest BCUT2D eigenvalue weighted by molar-refractivity contribution is 7.93. The van der Waals surface area contributed by atoms with Crippen molar-refractivity contribution in [3.05, 3.63) is 78.6 Å². The van der Waals surface area contributed by atoms with Crippen molar-refractivity contribution in [1.29, 1.82) is 0 Å². The summed E-state index contributed by atoms with van der Waals surface area (Å²) in [6.07, 6.45) is 0. The summed E-state index contributed by atoms with van der Waals surface area (Å²) in [6, 6.07) is 17.9. The molecule has 0 bridgehead atoms. The Balaban J connectivity index is 1.48. The normalized spacial score (nSPS) is 11.2. The zero-order valence-corrected chi connectivity index (χ0v) is 16.9. The van der Waals surface area contributed by atoms with Crippen LogP contribution in [0.5, 0.6) is 0 Å². The van der Waals surface area contributed by atoms with Crippen molar-refractivity contribution in [2.75, 3.05) is 15.4 Å². The molecule has 4 aromatic rings. The first kappa shape index (κ1) is 19.8. The summed E-state index contributed by atoms with van der Waals surface area (Å²) in [5.74, 6) is -0.393. The third-order valence-electron chi connectivity index (χ3n) is 4.02. The molecule has 2 amide bonds. The van der Waals surface area contributed by atoms with E-state index in [1.165, 1.54) is 36.4 Å². The van der Waals surface area contributed by atoms with E-state index in [9.17, 15) is 17.6 Å². The molecular weight excluding hydrogens is 427 g/mol. The zero-order valence-electron chi connectivity index (χ0n) is 15.3. The average Bonchev–Trinajstić information content (AvgIpc) is 3.11. The smallest absolute Gasteiger partial charge is 0.308 e. The first-order valence-corrected chi connectivity index (χ1v) is 11.0. The average molecular weight is 442 g/mol. The minimum absolute atomic E-state index is 0.143. The predicted octanol–water partition coefficient (Wildman–Crippen LogP) is 4.88. The van der Waals surface area contributed by atoms with Crippen molar-refractivity contribution in [2.24, 2.45) is 0 Å². The van der Waals surface area contributed by atoms with Crippen LogP contribution in [0.1, 0.15) is 0 Å². The predicted molar refractivity (Wildman–Crippen MR) is 116 cm³/mol. The largest absolute Gasteiger partial charge is 0.323 e. The Kier molecular flexibility index (Phi) is 5.34. The fraction of sp³-hybridized carbons (Fsp3) is 0. The van der Waals surface area contributed by atoms with Gasteiger partial charge in [0, 0.05) is 11.4 Å². The van der Waals surface area contributed by atoms with E-state index in [4.69, 9.17) is 0 Å². The van der Waals surface area contributed by atoms with E-state index in [1.54, 1.807) is 36.4 Å². The molecule has 0 saturated heterocycles. The number of sulfonamides is 1. The van der Waals surface area contributed by atoms with Crippen LogP contribution < -0.4 is 15.4 Å². The topological polar surface area (TPSA) is 100 Å². The number of fused-ring (bicyclic) bond motifs is 1. The number of nitrogens with one attached hydrogen (secondary N) is 3. The summed E-state index contributed by atoms with van der Waals surface area (Å²) in [5, 5.41) is 5.50. The van der Waals surface area contributed by atoms with Crippen LogP contribution in [0.3, 0.4) is 0 Å². The van der Waals surface area contributed by atoms with Crippen molar-refractivity contribution in [3.63, 3.8) is 0 Å². The van der Waals surface area contributed by atoms with E-state index in [-0.39, 0.29) is 10.0 Å². The molecular formula is C20H15FN4O3S2. The molecule has 1 heterocycles. The van der Waals surface area contributed by atoms with Crippen LogP contribution >= 0.6 is 11.3 Å². The van der Waals surface area contributed by atoms with Gasteiger partial charge in [-0.3, -0.25) is 4.72 Å². The summed E-state index contributed by atoms with van der Waals surface area (Å²) in [5.41, 5.74) is 1.55. The van der Waals surface area contributed by atoms with Gasteiger partial charge in [-0.25, -0.2) is 22.6 Å². The maximum absolute atomic E-state index is 12.9. The summed E-state index contributed by atoms with van der Waals surface area (Å²) >= 11 is 1.15. The number of thiazole rings is 1. The number of anilines is 3. The maximum Gasteiger partial charge on any atom is 0.323 e. The lowest BCUT2D eigenvalue weighted by molar-refractivity contribution is 0.262. The molecule has 4 rings (SSSR count). The Labute approximate surface area is 175 Å². The third kappa shape index (κ3) is 4.56. The summed E-state index contributed by atoms with van der Waals surface area (Å²) in [4.78, 5) is 16.6. The quantitative estimate of drug-likeness (QED) is 0.410. The molecule has 0 spiro atoms. The van der Waals surface area contributed by atoms with Gasteiger partial charge in [0.2, 0.25) is 0 Å². The monoisotopic (exact) mass is 442 g/mol. The Bertz CT molecular complexity index is 1310. The highest BCUT2D eigenvalue weighted by Gasteiger charge is 2.16. The van der Waals surface area contributed by atoms with Gasteiger partial charge in [0.25, 0.3) is 10.0 Å². The Morgan fingerprint density at radius 1 is 0.900 bits per heavy atom. The Morgan fingerprint density at radius 2 is 1.57 bits per heavy atom. The van der Waals surface area contributed by atoms with E-state index in [0.29, 0.717) is 21.6 Å². The fourth-order valence-corrected chi connectivity index (χ4v) is 4.81. The van der Waals surface area contributed by atoms with E-state index < -0.39 is 21.9 Å². The Hall–Kier alpha value is -3.50. The molecule has 0 radical (unpaired) electrons. The molecule has 0 saturated carbocycles. The second-order valence-electron chi connectivity index (χ2n) is 6.21. The van der Waals surface area contributed by atoms with E-state index in [2.05, 4.69) is 20.3 Å². The SMILES string of the molecule is O=C(Nc1ccc(F)cc1)Nc1ccc2nc(NS(=O)(=O)c3ccccc3)sc2c1. The third-order valence-corrected chi connectivity index (χ3v) is 6.44. The molecule has 7 nitrogen and oxygen atoms in total. The van der Waals surface area contributed by atoms with Gasteiger partial charge >= 0.3 is 6.03 Å². The van der Waals surface area contributed by atoms with E-state index in [1.807, 2.05) is 0 Å². The molecule has 0 fully saturated rings. The molecule has 152 valence electrons. The number of amides is 2. The molecule has 0 atom stereocenters. The minimum Gasteiger partial charge on any atom is -0.308 e. The van der Waals surface area contributed by atoms with Crippen LogP contribution in [0, 0.1) is 5.82 Å². The van der Waals surface area contributed by atoms with Crippen molar-refractivity contribution in [1.82, 2.24) is 4.98 Å². The molecule has 30 heavy (non-hydrogen) atoms. The van der Waals surface area contributed by atoms with Crippen LogP contribution in [-0.4, -0.2) is 19.4 Å². The van der Waals surface area contributed by atoms with Crippen molar-refractivity contribution >= 4 is 54.1 Å². The number of hydrogen-bond donors (Lipinski definition) is 3.